The van der Waals surface area contributed by atoms with Gasteiger partial charge in [0.25, 0.3) is 0 Å². The Hall–Kier alpha value is -1.29. The molecule has 2 fully saturated rings. The van der Waals surface area contributed by atoms with Crippen LogP contribution in [-0.4, -0.2) is 25.1 Å². The first kappa shape index (κ1) is 12.7. The van der Waals surface area contributed by atoms with Crippen LogP contribution < -0.4 is 10.6 Å². The third-order valence-electron chi connectivity index (χ3n) is 3.62. The number of benzene rings is 1. The number of rotatable bonds is 3. The Bertz CT molecular complexity index is 493. The standard InChI is InChI=1S/C14H17ClFN3/c1-17-14(18-8-5-6-8)19-12-7-9(12)13-10(15)3-2-4-11(13)16/h2-4,8-9,12H,5-7H2,1H3,(H2,17,18,19). The molecule has 2 atom stereocenters. The summed E-state index contributed by atoms with van der Waals surface area (Å²) in [6.07, 6.45) is 3.30. The summed E-state index contributed by atoms with van der Waals surface area (Å²) in [6, 6.07) is 5.62. The number of halogens is 2. The first-order valence-corrected chi connectivity index (χ1v) is 7.00. The lowest BCUT2D eigenvalue weighted by Gasteiger charge is -2.11. The van der Waals surface area contributed by atoms with Gasteiger partial charge in [0.1, 0.15) is 5.82 Å². The fraction of sp³-hybridized carbons (Fsp3) is 0.500. The average Bonchev–Trinajstić information content (AvgIpc) is 3.26. The van der Waals surface area contributed by atoms with Gasteiger partial charge in [0.05, 0.1) is 0 Å². The first-order chi connectivity index (χ1) is 9.19. The van der Waals surface area contributed by atoms with E-state index in [1.807, 2.05) is 0 Å². The third kappa shape index (κ3) is 2.84. The molecule has 2 aliphatic carbocycles. The van der Waals surface area contributed by atoms with Gasteiger partial charge in [0.15, 0.2) is 5.96 Å². The van der Waals surface area contributed by atoms with Gasteiger partial charge in [-0.25, -0.2) is 4.39 Å². The molecule has 2 unspecified atom stereocenters. The number of hydrogen-bond donors (Lipinski definition) is 2. The second-order valence-corrected chi connectivity index (χ2v) is 5.63. The zero-order valence-corrected chi connectivity index (χ0v) is 11.5. The Labute approximate surface area is 117 Å². The topological polar surface area (TPSA) is 36.4 Å². The molecule has 0 heterocycles. The molecular formula is C14H17ClFN3. The van der Waals surface area contributed by atoms with E-state index in [1.165, 1.54) is 18.9 Å². The molecule has 3 nitrogen and oxygen atoms in total. The largest absolute Gasteiger partial charge is 0.354 e. The predicted molar refractivity (Wildman–Crippen MR) is 75.2 cm³/mol. The Morgan fingerprint density at radius 3 is 2.79 bits per heavy atom. The molecule has 19 heavy (non-hydrogen) atoms. The number of aliphatic imine (C=N–C) groups is 1. The van der Waals surface area contributed by atoms with Gasteiger partial charge in [-0.05, 0) is 31.4 Å². The van der Waals surface area contributed by atoms with Crippen LogP contribution in [-0.2, 0) is 0 Å². The molecule has 0 aromatic heterocycles. The highest BCUT2D eigenvalue weighted by Crippen LogP contribution is 2.44. The summed E-state index contributed by atoms with van der Waals surface area (Å²) in [6.45, 7) is 0. The van der Waals surface area contributed by atoms with Crippen LogP contribution in [0.4, 0.5) is 4.39 Å². The van der Waals surface area contributed by atoms with Crippen molar-refractivity contribution >= 4 is 17.6 Å². The molecule has 1 aromatic rings. The van der Waals surface area contributed by atoms with Crippen LogP contribution in [0.15, 0.2) is 23.2 Å². The van der Waals surface area contributed by atoms with Gasteiger partial charge in [-0.3, -0.25) is 4.99 Å². The van der Waals surface area contributed by atoms with Gasteiger partial charge in [0, 0.05) is 35.6 Å². The quantitative estimate of drug-likeness (QED) is 0.660. The van der Waals surface area contributed by atoms with Crippen LogP contribution in [0.1, 0.15) is 30.7 Å². The van der Waals surface area contributed by atoms with Crippen molar-refractivity contribution in [2.24, 2.45) is 4.99 Å². The van der Waals surface area contributed by atoms with Gasteiger partial charge in [-0.1, -0.05) is 17.7 Å². The van der Waals surface area contributed by atoms with E-state index < -0.39 is 0 Å². The Balaban J connectivity index is 1.64. The lowest BCUT2D eigenvalue weighted by atomic mass is 10.1. The maximum atomic E-state index is 13.8. The summed E-state index contributed by atoms with van der Waals surface area (Å²) in [5.41, 5.74) is 0.628. The van der Waals surface area contributed by atoms with Crippen LogP contribution in [0, 0.1) is 5.82 Å². The Morgan fingerprint density at radius 2 is 2.16 bits per heavy atom. The maximum absolute atomic E-state index is 13.8. The van der Waals surface area contributed by atoms with Gasteiger partial charge in [-0.15, -0.1) is 0 Å². The molecule has 2 saturated carbocycles. The molecule has 0 aliphatic heterocycles. The molecule has 1 aromatic carbocycles. The Morgan fingerprint density at radius 1 is 1.37 bits per heavy atom. The lowest BCUT2D eigenvalue weighted by Crippen LogP contribution is -2.40. The minimum atomic E-state index is -0.216. The van der Waals surface area contributed by atoms with Gasteiger partial charge < -0.3 is 10.6 Å². The second kappa shape index (κ2) is 5.00. The summed E-state index contributed by atoms with van der Waals surface area (Å²) in [7, 11) is 1.76. The second-order valence-electron chi connectivity index (χ2n) is 5.22. The fourth-order valence-electron chi connectivity index (χ4n) is 2.31. The Kier molecular flexibility index (Phi) is 3.35. The summed E-state index contributed by atoms with van der Waals surface area (Å²) < 4.78 is 13.8. The molecule has 0 amide bonds. The highest BCUT2D eigenvalue weighted by Gasteiger charge is 2.42. The normalized spacial score (nSPS) is 26.2. The third-order valence-corrected chi connectivity index (χ3v) is 3.95. The maximum Gasteiger partial charge on any atom is 0.191 e. The predicted octanol–water partition coefficient (Wildman–Crippen LogP) is 2.66. The molecule has 102 valence electrons. The summed E-state index contributed by atoms with van der Waals surface area (Å²) in [4.78, 5) is 4.19. The van der Waals surface area contributed by atoms with E-state index in [-0.39, 0.29) is 17.8 Å². The van der Waals surface area contributed by atoms with Crippen molar-refractivity contribution in [3.8, 4) is 0 Å². The molecule has 0 radical (unpaired) electrons. The zero-order valence-electron chi connectivity index (χ0n) is 10.8. The van der Waals surface area contributed by atoms with Crippen LogP contribution in [0.5, 0.6) is 0 Å². The molecule has 5 heteroatoms. The SMILES string of the molecule is CN=C(NC1CC1)NC1CC1c1c(F)cccc1Cl. The van der Waals surface area contributed by atoms with Crippen molar-refractivity contribution in [1.29, 1.82) is 0 Å². The number of nitrogens with zero attached hydrogens (tertiary/aromatic N) is 1. The first-order valence-electron chi connectivity index (χ1n) is 6.63. The molecular weight excluding hydrogens is 265 g/mol. The van der Waals surface area contributed by atoms with E-state index in [9.17, 15) is 4.39 Å². The monoisotopic (exact) mass is 281 g/mol. The number of hydrogen-bond acceptors (Lipinski definition) is 1. The van der Waals surface area contributed by atoms with E-state index in [1.54, 1.807) is 19.2 Å². The number of nitrogens with one attached hydrogen (secondary N) is 2. The van der Waals surface area contributed by atoms with Crippen LogP contribution >= 0.6 is 11.6 Å². The van der Waals surface area contributed by atoms with E-state index in [2.05, 4.69) is 15.6 Å². The van der Waals surface area contributed by atoms with Gasteiger partial charge in [0.2, 0.25) is 0 Å². The van der Waals surface area contributed by atoms with E-state index in [0.717, 1.165) is 12.4 Å². The molecule has 0 saturated heterocycles. The minimum Gasteiger partial charge on any atom is -0.354 e. The highest BCUT2D eigenvalue weighted by atomic mass is 35.5. The molecule has 3 rings (SSSR count). The van der Waals surface area contributed by atoms with Crippen molar-refractivity contribution in [3.05, 3.63) is 34.6 Å². The van der Waals surface area contributed by atoms with Crippen molar-refractivity contribution in [2.75, 3.05) is 7.05 Å². The van der Waals surface area contributed by atoms with Crippen LogP contribution in [0.25, 0.3) is 0 Å². The molecule has 2 N–H and O–H groups in total. The van der Waals surface area contributed by atoms with Crippen molar-refractivity contribution in [3.63, 3.8) is 0 Å². The van der Waals surface area contributed by atoms with E-state index in [4.69, 9.17) is 11.6 Å². The van der Waals surface area contributed by atoms with E-state index in [0.29, 0.717) is 16.6 Å². The summed E-state index contributed by atoms with van der Waals surface area (Å²) in [5.74, 6) is 0.737. The van der Waals surface area contributed by atoms with Gasteiger partial charge in [-0.2, -0.15) is 0 Å². The highest BCUT2D eigenvalue weighted by molar-refractivity contribution is 6.31. The van der Waals surface area contributed by atoms with Crippen LogP contribution in [0.2, 0.25) is 5.02 Å². The van der Waals surface area contributed by atoms with Gasteiger partial charge >= 0.3 is 0 Å². The van der Waals surface area contributed by atoms with Crippen molar-refractivity contribution < 1.29 is 4.39 Å². The summed E-state index contributed by atoms with van der Waals surface area (Å²) in [5, 5.41) is 7.17. The van der Waals surface area contributed by atoms with Crippen LogP contribution in [0.3, 0.4) is 0 Å². The fourth-order valence-corrected chi connectivity index (χ4v) is 2.61. The lowest BCUT2D eigenvalue weighted by molar-refractivity contribution is 0.608. The smallest absolute Gasteiger partial charge is 0.191 e. The average molecular weight is 282 g/mol. The zero-order chi connectivity index (χ0) is 13.4. The van der Waals surface area contributed by atoms with E-state index >= 15 is 0 Å². The molecule has 0 bridgehead atoms. The van der Waals surface area contributed by atoms with Crippen molar-refractivity contribution in [2.45, 2.75) is 37.3 Å². The summed E-state index contributed by atoms with van der Waals surface area (Å²) >= 11 is 6.08. The number of guanidine groups is 1. The van der Waals surface area contributed by atoms with Crippen molar-refractivity contribution in [1.82, 2.24) is 10.6 Å². The molecule has 0 spiro atoms. The minimum absolute atomic E-state index is 0.145. The molecule has 2 aliphatic rings.